The Balaban J connectivity index is 2.47. The number of sulfonamides is 1. The SMILES string of the molecule is Cc1cc(Cl)nc(Cl)c1NS(=O)(=O)c1ccc(Br)cc1N. The van der Waals surface area contributed by atoms with Gasteiger partial charge in [-0.25, -0.2) is 13.4 Å². The molecule has 0 amide bonds. The first kappa shape index (κ1) is 16.4. The lowest BCUT2D eigenvalue weighted by Crippen LogP contribution is -2.16. The number of pyridine rings is 1. The van der Waals surface area contributed by atoms with E-state index in [4.69, 9.17) is 28.9 Å². The molecule has 0 spiro atoms. The molecular formula is C12H10BrCl2N3O2S. The standard InChI is InChI=1S/C12H10BrCl2N3O2S/c1-6-4-10(14)17-12(15)11(6)18-21(19,20)9-3-2-7(13)5-8(9)16/h2-5,18H,16H2,1H3. The van der Waals surface area contributed by atoms with Crippen LogP contribution in [0.1, 0.15) is 5.56 Å². The van der Waals surface area contributed by atoms with E-state index in [1.807, 2.05) is 0 Å². The Labute approximate surface area is 140 Å². The Bertz CT molecular complexity index is 789. The molecule has 5 nitrogen and oxygen atoms in total. The molecule has 0 aliphatic rings. The Morgan fingerprint density at radius 3 is 2.52 bits per heavy atom. The average Bonchev–Trinajstić information content (AvgIpc) is 2.33. The van der Waals surface area contributed by atoms with Crippen molar-refractivity contribution in [1.29, 1.82) is 0 Å². The number of nitrogens with one attached hydrogen (secondary N) is 1. The van der Waals surface area contributed by atoms with Gasteiger partial charge in [0.15, 0.2) is 5.15 Å². The molecule has 2 rings (SSSR count). The van der Waals surface area contributed by atoms with E-state index in [-0.39, 0.29) is 26.6 Å². The Hall–Kier alpha value is -1.02. The Morgan fingerprint density at radius 1 is 1.29 bits per heavy atom. The summed E-state index contributed by atoms with van der Waals surface area (Å²) in [5, 5.41) is 0.155. The van der Waals surface area contributed by atoms with Crippen LogP contribution in [-0.4, -0.2) is 13.4 Å². The monoisotopic (exact) mass is 409 g/mol. The molecule has 21 heavy (non-hydrogen) atoms. The van der Waals surface area contributed by atoms with Crippen molar-refractivity contribution in [2.45, 2.75) is 11.8 Å². The number of nitrogens with two attached hydrogens (primary N) is 1. The van der Waals surface area contributed by atoms with Gasteiger partial charge in [0.25, 0.3) is 10.0 Å². The van der Waals surface area contributed by atoms with Crippen LogP contribution in [-0.2, 0) is 10.0 Å². The number of nitrogen functional groups attached to an aromatic ring is 1. The lowest BCUT2D eigenvalue weighted by atomic mass is 10.3. The minimum atomic E-state index is -3.88. The highest BCUT2D eigenvalue weighted by molar-refractivity contribution is 9.10. The fourth-order valence-corrected chi connectivity index (χ4v) is 3.94. The Kier molecular flexibility index (Phi) is 4.67. The zero-order chi connectivity index (χ0) is 15.8. The van der Waals surface area contributed by atoms with Crippen LogP contribution < -0.4 is 10.5 Å². The first-order valence-corrected chi connectivity index (χ1v) is 8.64. The smallest absolute Gasteiger partial charge is 0.264 e. The predicted octanol–water partition coefficient (Wildman–Crippen LogP) is 3.84. The van der Waals surface area contributed by atoms with Crippen LogP contribution in [0.3, 0.4) is 0 Å². The van der Waals surface area contributed by atoms with Crippen molar-refractivity contribution in [3.05, 3.63) is 44.6 Å². The number of nitrogens with zero attached hydrogens (tertiary/aromatic N) is 1. The van der Waals surface area contributed by atoms with Crippen molar-refractivity contribution in [3.63, 3.8) is 0 Å². The highest BCUT2D eigenvalue weighted by atomic mass is 79.9. The van der Waals surface area contributed by atoms with Crippen LogP contribution in [0, 0.1) is 6.92 Å². The van der Waals surface area contributed by atoms with E-state index in [0.29, 0.717) is 10.0 Å². The molecule has 0 atom stereocenters. The molecule has 0 unspecified atom stereocenters. The number of hydrogen-bond donors (Lipinski definition) is 2. The molecule has 9 heteroatoms. The minimum absolute atomic E-state index is 0.0285. The van der Waals surface area contributed by atoms with Crippen molar-refractivity contribution >= 4 is 60.5 Å². The third-order valence-electron chi connectivity index (χ3n) is 2.64. The van der Waals surface area contributed by atoms with Gasteiger partial charge in [-0.1, -0.05) is 39.1 Å². The van der Waals surface area contributed by atoms with Gasteiger partial charge >= 0.3 is 0 Å². The van der Waals surface area contributed by atoms with Gasteiger partial charge in [-0.3, -0.25) is 4.72 Å². The van der Waals surface area contributed by atoms with Crippen molar-refractivity contribution in [3.8, 4) is 0 Å². The van der Waals surface area contributed by atoms with Crippen molar-refractivity contribution in [1.82, 2.24) is 4.98 Å². The van der Waals surface area contributed by atoms with Crippen LogP contribution in [0.4, 0.5) is 11.4 Å². The third kappa shape index (κ3) is 3.60. The van der Waals surface area contributed by atoms with E-state index in [2.05, 4.69) is 25.6 Å². The van der Waals surface area contributed by atoms with Gasteiger partial charge in [0, 0.05) is 4.47 Å². The number of benzene rings is 1. The van der Waals surface area contributed by atoms with Gasteiger partial charge in [-0.15, -0.1) is 0 Å². The van der Waals surface area contributed by atoms with E-state index in [9.17, 15) is 8.42 Å². The van der Waals surface area contributed by atoms with Crippen LogP contribution in [0.5, 0.6) is 0 Å². The van der Waals surface area contributed by atoms with E-state index >= 15 is 0 Å². The van der Waals surface area contributed by atoms with E-state index in [0.717, 1.165) is 0 Å². The molecule has 0 fully saturated rings. The summed E-state index contributed by atoms with van der Waals surface area (Å²) in [5.74, 6) is 0. The number of halogens is 3. The second-order valence-electron chi connectivity index (χ2n) is 4.22. The van der Waals surface area contributed by atoms with Gasteiger partial charge < -0.3 is 5.73 Å². The van der Waals surface area contributed by atoms with E-state index in [1.165, 1.54) is 18.2 Å². The lowest BCUT2D eigenvalue weighted by molar-refractivity contribution is 0.601. The summed E-state index contributed by atoms with van der Waals surface area (Å²) in [5.41, 5.74) is 6.59. The van der Waals surface area contributed by atoms with Crippen LogP contribution in [0.25, 0.3) is 0 Å². The van der Waals surface area contributed by atoms with Gasteiger partial charge in [0.05, 0.1) is 11.4 Å². The lowest BCUT2D eigenvalue weighted by Gasteiger charge is -2.13. The predicted molar refractivity (Wildman–Crippen MR) is 88.4 cm³/mol. The molecule has 1 aromatic carbocycles. The largest absolute Gasteiger partial charge is 0.398 e. The molecule has 0 radical (unpaired) electrons. The third-order valence-corrected chi connectivity index (χ3v) is 5.02. The molecule has 0 aliphatic heterocycles. The fraction of sp³-hybridized carbons (Fsp3) is 0.0833. The summed E-state index contributed by atoms with van der Waals surface area (Å²) in [4.78, 5) is 3.77. The number of anilines is 2. The molecule has 1 heterocycles. The second kappa shape index (κ2) is 6.00. The number of rotatable bonds is 3. The van der Waals surface area contributed by atoms with Crippen LogP contribution >= 0.6 is 39.1 Å². The molecule has 3 N–H and O–H groups in total. The molecule has 0 bridgehead atoms. The van der Waals surface area contributed by atoms with Gasteiger partial charge in [-0.05, 0) is 36.8 Å². The molecule has 112 valence electrons. The minimum Gasteiger partial charge on any atom is -0.398 e. The first-order valence-electron chi connectivity index (χ1n) is 5.61. The summed E-state index contributed by atoms with van der Waals surface area (Å²) in [6, 6.07) is 5.99. The van der Waals surface area contributed by atoms with E-state index < -0.39 is 10.0 Å². The maximum absolute atomic E-state index is 12.4. The fourth-order valence-electron chi connectivity index (χ4n) is 1.67. The molecule has 0 saturated heterocycles. The van der Waals surface area contributed by atoms with Crippen molar-refractivity contribution in [2.75, 3.05) is 10.5 Å². The van der Waals surface area contributed by atoms with Gasteiger partial charge in [-0.2, -0.15) is 0 Å². The maximum Gasteiger partial charge on any atom is 0.264 e. The van der Waals surface area contributed by atoms with Crippen LogP contribution in [0.2, 0.25) is 10.3 Å². The summed E-state index contributed by atoms with van der Waals surface area (Å²) in [6.07, 6.45) is 0. The van der Waals surface area contributed by atoms with Gasteiger partial charge in [0.1, 0.15) is 10.0 Å². The average molecular weight is 411 g/mol. The molecule has 0 saturated carbocycles. The zero-order valence-corrected chi connectivity index (χ0v) is 14.6. The molecule has 0 aliphatic carbocycles. The van der Waals surface area contributed by atoms with Crippen LogP contribution in [0.15, 0.2) is 33.6 Å². The highest BCUT2D eigenvalue weighted by Gasteiger charge is 2.20. The molecule has 1 aromatic heterocycles. The van der Waals surface area contributed by atoms with Gasteiger partial charge in [0.2, 0.25) is 0 Å². The van der Waals surface area contributed by atoms with Crippen molar-refractivity contribution < 1.29 is 8.42 Å². The summed E-state index contributed by atoms with van der Waals surface area (Å²) >= 11 is 14.9. The highest BCUT2D eigenvalue weighted by Crippen LogP contribution is 2.30. The maximum atomic E-state index is 12.4. The molecule has 2 aromatic rings. The number of aryl methyl sites for hydroxylation is 1. The summed E-state index contributed by atoms with van der Waals surface area (Å²) in [6.45, 7) is 1.67. The molecular weight excluding hydrogens is 401 g/mol. The van der Waals surface area contributed by atoms with E-state index in [1.54, 1.807) is 13.0 Å². The van der Waals surface area contributed by atoms with Crippen molar-refractivity contribution in [2.24, 2.45) is 0 Å². The summed E-state index contributed by atoms with van der Waals surface area (Å²) in [7, 11) is -3.88. The quantitative estimate of drug-likeness (QED) is 0.594. The first-order chi connectivity index (χ1) is 9.70. The Morgan fingerprint density at radius 2 is 1.95 bits per heavy atom. The normalized spacial score (nSPS) is 11.4. The summed E-state index contributed by atoms with van der Waals surface area (Å²) < 4.78 is 27.9. The number of hydrogen-bond acceptors (Lipinski definition) is 4. The number of aromatic nitrogens is 1. The topological polar surface area (TPSA) is 85.1 Å². The zero-order valence-electron chi connectivity index (χ0n) is 10.7. The second-order valence-corrected chi connectivity index (χ2v) is 7.53.